The first-order chi connectivity index (χ1) is 8.16. The van der Waals surface area contributed by atoms with E-state index in [0.717, 1.165) is 5.82 Å². The summed E-state index contributed by atoms with van der Waals surface area (Å²) in [6, 6.07) is 2.69. The summed E-state index contributed by atoms with van der Waals surface area (Å²) in [5, 5.41) is 3.06. The third kappa shape index (κ3) is 2.88. The fourth-order valence-corrected chi connectivity index (χ4v) is 1.64. The molecule has 1 aromatic carbocycles. The molecule has 2 rings (SSSR count). The summed E-state index contributed by atoms with van der Waals surface area (Å²) in [5.41, 5.74) is 6.68. The van der Waals surface area contributed by atoms with Crippen molar-refractivity contribution in [3.63, 3.8) is 0 Å². The maximum Gasteiger partial charge on any atom is 0.143 e. The minimum atomic E-state index is -0.485. The van der Waals surface area contributed by atoms with Gasteiger partial charge in [0.25, 0.3) is 0 Å². The Morgan fingerprint density at radius 3 is 3.00 bits per heavy atom. The number of nitrogens with zero attached hydrogens (tertiary/aromatic N) is 1. The molecule has 0 unspecified atom stereocenters. The molecule has 90 valence electrons. The molecule has 4 nitrogen and oxygen atoms in total. The molecule has 0 fully saturated rings. The molecule has 0 radical (unpaired) electrons. The second-order valence-electron chi connectivity index (χ2n) is 3.57. The van der Waals surface area contributed by atoms with Gasteiger partial charge in [0.05, 0.1) is 16.4 Å². The smallest absolute Gasteiger partial charge is 0.143 e. The molecule has 1 aromatic heterocycles. The molecule has 2 aromatic rings. The van der Waals surface area contributed by atoms with Crippen LogP contribution in [0.2, 0.25) is 5.02 Å². The van der Waals surface area contributed by atoms with Crippen LogP contribution in [0.3, 0.4) is 0 Å². The van der Waals surface area contributed by atoms with Crippen LogP contribution in [-0.4, -0.2) is 16.5 Å². The first kappa shape index (κ1) is 11.7. The average molecular weight is 255 g/mol. The lowest BCUT2D eigenvalue weighted by atomic mass is 10.2. The van der Waals surface area contributed by atoms with Crippen LogP contribution < -0.4 is 11.1 Å². The second-order valence-corrected chi connectivity index (χ2v) is 3.97. The number of hydrogen-bond acceptors (Lipinski definition) is 3. The van der Waals surface area contributed by atoms with E-state index in [1.54, 1.807) is 12.4 Å². The Bertz CT molecular complexity index is 498. The van der Waals surface area contributed by atoms with Crippen molar-refractivity contribution in [2.75, 3.05) is 17.6 Å². The van der Waals surface area contributed by atoms with E-state index in [1.807, 2.05) is 0 Å². The van der Waals surface area contributed by atoms with Crippen molar-refractivity contribution >= 4 is 23.0 Å². The van der Waals surface area contributed by atoms with Crippen LogP contribution in [0, 0.1) is 5.82 Å². The van der Waals surface area contributed by atoms with Gasteiger partial charge < -0.3 is 16.0 Å². The monoisotopic (exact) mass is 254 g/mol. The number of anilines is 2. The van der Waals surface area contributed by atoms with Gasteiger partial charge in [0.1, 0.15) is 11.6 Å². The molecular formula is C11H12ClFN4. The minimum absolute atomic E-state index is 0.0269. The minimum Gasteiger partial charge on any atom is -0.397 e. The van der Waals surface area contributed by atoms with Crippen molar-refractivity contribution in [1.29, 1.82) is 0 Å². The highest BCUT2D eigenvalue weighted by Crippen LogP contribution is 2.25. The topological polar surface area (TPSA) is 66.7 Å². The predicted molar refractivity (Wildman–Crippen MR) is 66.6 cm³/mol. The zero-order chi connectivity index (χ0) is 12.3. The Kier molecular flexibility index (Phi) is 3.49. The molecule has 4 N–H and O–H groups in total. The number of aromatic nitrogens is 2. The fourth-order valence-electron chi connectivity index (χ4n) is 1.47. The van der Waals surface area contributed by atoms with Gasteiger partial charge in [-0.15, -0.1) is 0 Å². The van der Waals surface area contributed by atoms with Gasteiger partial charge in [-0.05, 0) is 6.07 Å². The Hall–Kier alpha value is -1.75. The fraction of sp³-hybridized carbons (Fsp3) is 0.182. The molecule has 1 heterocycles. The summed E-state index contributed by atoms with van der Waals surface area (Å²) in [6.45, 7) is 0.610. The summed E-state index contributed by atoms with van der Waals surface area (Å²) in [6.07, 6.45) is 4.15. The lowest BCUT2D eigenvalue weighted by molar-refractivity contribution is 0.629. The standard InChI is InChI=1S/C11H12ClFN4/c12-7-5-9(14)10(6-8(7)13)15-2-1-11-16-3-4-17-11/h3-6,15H,1-2,14H2,(H,16,17). The van der Waals surface area contributed by atoms with Gasteiger partial charge in [-0.1, -0.05) is 11.6 Å². The molecule has 6 heteroatoms. The highest BCUT2D eigenvalue weighted by atomic mass is 35.5. The van der Waals surface area contributed by atoms with Crippen LogP contribution in [0.1, 0.15) is 5.82 Å². The molecule has 0 spiro atoms. The number of benzene rings is 1. The molecule has 0 saturated carbocycles. The predicted octanol–water partition coefficient (Wildman–Crippen LogP) is 2.44. The molecule has 0 atom stereocenters. The molecule has 0 saturated heterocycles. The third-order valence-corrected chi connectivity index (χ3v) is 2.61. The summed E-state index contributed by atoms with van der Waals surface area (Å²) in [7, 11) is 0. The second kappa shape index (κ2) is 5.05. The van der Waals surface area contributed by atoms with E-state index < -0.39 is 5.82 Å². The highest BCUT2D eigenvalue weighted by Gasteiger charge is 2.05. The van der Waals surface area contributed by atoms with E-state index in [2.05, 4.69) is 15.3 Å². The first-order valence-electron chi connectivity index (χ1n) is 5.13. The molecule has 17 heavy (non-hydrogen) atoms. The highest BCUT2D eigenvalue weighted by molar-refractivity contribution is 6.31. The number of imidazole rings is 1. The molecule has 0 aliphatic rings. The SMILES string of the molecule is Nc1cc(Cl)c(F)cc1NCCc1ncc[nH]1. The van der Waals surface area contributed by atoms with Crippen LogP contribution in [0.4, 0.5) is 15.8 Å². The average Bonchev–Trinajstić information content (AvgIpc) is 2.78. The van der Waals surface area contributed by atoms with Crippen LogP contribution >= 0.6 is 11.6 Å². The summed E-state index contributed by atoms with van der Waals surface area (Å²) in [4.78, 5) is 7.06. The number of aromatic amines is 1. The summed E-state index contributed by atoms with van der Waals surface area (Å²) >= 11 is 5.60. The van der Waals surface area contributed by atoms with Crippen molar-refractivity contribution < 1.29 is 4.39 Å². The van der Waals surface area contributed by atoms with Gasteiger partial charge >= 0.3 is 0 Å². The zero-order valence-electron chi connectivity index (χ0n) is 9.00. The van der Waals surface area contributed by atoms with E-state index in [4.69, 9.17) is 17.3 Å². The zero-order valence-corrected chi connectivity index (χ0v) is 9.76. The van der Waals surface area contributed by atoms with Gasteiger partial charge in [-0.3, -0.25) is 0 Å². The Morgan fingerprint density at radius 2 is 2.29 bits per heavy atom. The number of H-pyrrole nitrogens is 1. The van der Waals surface area contributed by atoms with Crippen molar-refractivity contribution in [3.8, 4) is 0 Å². The van der Waals surface area contributed by atoms with Crippen molar-refractivity contribution in [1.82, 2.24) is 9.97 Å². The lowest BCUT2D eigenvalue weighted by Crippen LogP contribution is -2.08. The van der Waals surface area contributed by atoms with Crippen LogP contribution in [0.5, 0.6) is 0 Å². The maximum atomic E-state index is 13.2. The van der Waals surface area contributed by atoms with Gasteiger partial charge in [-0.2, -0.15) is 0 Å². The van der Waals surface area contributed by atoms with Crippen molar-refractivity contribution in [2.24, 2.45) is 0 Å². The molecule has 0 amide bonds. The number of rotatable bonds is 4. The van der Waals surface area contributed by atoms with Crippen LogP contribution in [0.15, 0.2) is 24.5 Å². The van der Waals surface area contributed by atoms with Gasteiger partial charge in [0.2, 0.25) is 0 Å². The Morgan fingerprint density at radius 1 is 1.47 bits per heavy atom. The summed E-state index contributed by atoms with van der Waals surface area (Å²) < 4.78 is 13.2. The van der Waals surface area contributed by atoms with Gasteiger partial charge in [0.15, 0.2) is 0 Å². The van der Waals surface area contributed by atoms with E-state index in [1.165, 1.54) is 12.1 Å². The number of halogens is 2. The van der Waals surface area contributed by atoms with Gasteiger partial charge in [-0.25, -0.2) is 9.37 Å². The molecular weight excluding hydrogens is 243 g/mol. The normalized spacial score (nSPS) is 10.5. The third-order valence-electron chi connectivity index (χ3n) is 2.32. The molecule has 0 aliphatic carbocycles. The quantitative estimate of drug-likeness (QED) is 0.734. The number of nitrogens with one attached hydrogen (secondary N) is 2. The van der Waals surface area contributed by atoms with E-state index in [0.29, 0.717) is 24.3 Å². The maximum absolute atomic E-state index is 13.2. The number of hydrogen-bond donors (Lipinski definition) is 3. The molecule has 0 bridgehead atoms. The van der Waals surface area contributed by atoms with Crippen molar-refractivity contribution in [3.05, 3.63) is 41.2 Å². The lowest BCUT2D eigenvalue weighted by Gasteiger charge is -2.09. The first-order valence-corrected chi connectivity index (χ1v) is 5.51. The van der Waals surface area contributed by atoms with E-state index in [9.17, 15) is 4.39 Å². The van der Waals surface area contributed by atoms with E-state index in [-0.39, 0.29) is 5.02 Å². The van der Waals surface area contributed by atoms with Crippen LogP contribution in [-0.2, 0) is 6.42 Å². The number of nitrogen functional groups attached to an aromatic ring is 1. The number of nitrogens with two attached hydrogens (primary N) is 1. The van der Waals surface area contributed by atoms with Gasteiger partial charge in [0, 0.05) is 31.4 Å². The Balaban J connectivity index is 1.97. The molecule has 0 aliphatic heterocycles. The van der Waals surface area contributed by atoms with Crippen molar-refractivity contribution in [2.45, 2.75) is 6.42 Å². The summed E-state index contributed by atoms with van der Waals surface area (Å²) in [5.74, 6) is 0.381. The Labute approximate surface area is 103 Å². The largest absolute Gasteiger partial charge is 0.397 e. The van der Waals surface area contributed by atoms with E-state index >= 15 is 0 Å². The van der Waals surface area contributed by atoms with Crippen LogP contribution in [0.25, 0.3) is 0 Å².